The second-order valence-corrected chi connectivity index (χ2v) is 4.97. The second kappa shape index (κ2) is 7.09. The zero-order valence-electron chi connectivity index (χ0n) is 12.8. The molecule has 106 valence electrons. The Balaban J connectivity index is 0.000000704. The predicted molar refractivity (Wildman–Crippen MR) is 87.2 cm³/mol. The lowest BCUT2D eigenvalue weighted by Gasteiger charge is -2.16. The molecule has 0 spiro atoms. The molecular weight excluding hydrogens is 244 g/mol. The van der Waals surface area contributed by atoms with E-state index in [1.54, 1.807) is 0 Å². The summed E-state index contributed by atoms with van der Waals surface area (Å²) in [5.74, 6) is 1.11. The van der Waals surface area contributed by atoms with Gasteiger partial charge in [0.1, 0.15) is 5.82 Å². The summed E-state index contributed by atoms with van der Waals surface area (Å²) < 4.78 is 0. The van der Waals surface area contributed by atoms with Gasteiger partial charge < -0.3 is 4.90 Å². The molecule has 20 heavy (non-hydrogen) atoms. The van der Waals surface area contributed by atoms with Crippen LogP contribution in [0, 0.1) is 6.92 Å². The summed E-state index contributed by atoms with van der Waals surface area (Å²) in [6.07, 6.45) is 4.57. The topological polar surface area (TPSA) is 16.1 Å². The predicted octanol–water partition coefficient (Wildman–Crippen LogP) is 4.68. The molecule has 0 unspecified atom stereocenters. The number of rotatable bonds is 2. The molecule has 0 saturated carbocycles. The van der Waals surface area contributed by atoms with Crippen LogP contribution in [0.3, 0.4) is 0 Å². The Kier molecular flexibility index (Phi) is 5.16. The SMILES string of the molecule is CC.Cc1cccc(-c2ccc(N3CCCC3)nc2)c1. The number of aryl methyl sites for hydroxylation is 1. The molecule has 2 heterocycles. The van der Waals surface area contributed by atoms with Gasteiger partial charge in [-0.15, -0.1) is 0 Å². The van der Waals surface area contributed by atoms with E-state index >= 15 is 0 Å². The molecule has 0 N–H and O–H groups in total. The molecule has 1 aliphatic heterocycles. The van der Waals surface area contributed by atoms with Crippen molar-refractivity contribution in [3.05, 3.63) is 48.2 Å². The molecule has 1 aromatic carbocycles. The van der Waals surface area contributed by atoms with Crippen LogP contribution in [0.25, 0.3) is 11.1 Å². The highest BCUT2D eigenvalue weighted by atomic mass is 15.2. The number of nitrogens with zero attached hydrogens (tertiary/aromatic N) is 2. The van der Waals surface area contributed by atoms with Gasteiger partial charge in [0.25, 0.3) is 0 Å². The van der Waals surface area contributed by atoms with Crippen molar-refractivity contribution in [1.29, 1.82) is 0 Å². The molecule has 3 rings (SSSR count). The van der Waals surface area contributed by atoms with Gasteiger partial charge in [0.05, 0.1) is 0 Å². The molecule has 0 bridgehead atoms. The zero-order chi connectivity index (χ0) is 14.4. The first-order valence-electron chi connectivity index (χ1n) is 7.61. The molecule has 1 saturated heterocycles. The molecule has 0 amide bonds. The highest BCUT2D eigenvalue weighted by Gasteiger charge is 2.13. The first kappa shape index (κ1) is 14.6. The van der Waals surface area contributed by atoms with Crippen LogP contribution < -0.4 is 4.90 Å². The van der Waals surface area contributed by atoms with Crippen LogP contribution in [-0.2, 0) is 0 Å². The van der Waals surface area contributed by atoms with Crippen LogP contribution in [0.15, 0.2) is 42.6 Å². The quantitative estimate of drug-likeness (QED) is 0.786. The minimum Gasteiger partial charge on any atom is -0.357 e. The maximum Gasteiger partial charge on any atom is 0.128 e. The van der Waals surface area contributed by atoms with Crippen molar-refractivity contribution in [3.63, 3.8) is 0 Å². The molecule has 2 heteroatoms. The minimum atomic E-state index is 1.11. The largest absolute Gasteiger partial charge is 0.357 e. The van der Waals surface area contributed by atoms with E-state index in [0.717, 1.165) is 18.9 Å². The number of hydrogen-bond donors (Lipinski definition) is 0. The highest BCUT2D eigenvalue weighted by molar-refractivity contribution is 5.64. The molecular formula is C18H24N2. The van der Waals surface area contributed by atoms with Crippen molar-refractivity contribution in [2.75, 3.05) is 18.0 Å². The number of anilines is 1. The van der Waals surface area contributed by atoms with Gasteiger partial charge in [-0.1, -0.05) is 43.7 Å². The number of benzene rings is 1. The maximum absolute atomic E-state index is 4.59. The van der Waals surface area contributed by atoms with Gasteiger partial charge in [0, 0.05) is 24.8 Å². The number of aromatic nitrogens is 1. The Morgan fingerprint density at radius 1 is 0.950 bits per heavy atom. The molecule has 2 nitrogen and oxygen atoms in total. The lowest BCUT2D eigenvalue weighted by atomic mass is 10.1. The third-order valence-corrected chi connectivity index (χ3v) is 3.53. The van der Waals surface area contributed by atoms with E-state index in [-0.39, 0.29) is 0 Å². The normalized spacial score (nSPS) is 13.8. The fraction of sp³-hybridized carbons (Fsp3) is 0.389. The lowest BCUT2D eigenvalue weighted by Crippen LogP contribution is -2.18. The van der Waals surface area contributed by atoms with E-state index in [4.69, 9.17) is 0 Å². The van der Waals surface area contributed by atoms with Crippen molar-refractivity contribution in [2.24, 2.45) is 0 Å². The Morgan fingerprint density at radius 3 is 2.30 bits per heavy atom. The van der Waals surface area contributed by atoms with Gasteiger partial charge in [0.2, 0.25) is 0 Å². The van der Waals surface area contributed by atoms with Crippen molar-refractivity contribution >= 4 is 5.82 Å². The van der Waals surface area contributed by atoms with Gasteiger partial charge in [0.15, 0.2) is 0 Å². The molecule has 1 aromatic heterocycles. The van der Waals surface area contributed by atoms with Crippen LogP contribution >= 0.6 is 0 Å². The molecule has 0 aliphatic carbocycles. The van der Waals surface area contributed by atoms with Crippen molar-refractivity contribution in [1.82, 2.24) is 4.98 Å². The summed E-state index contributed by atoms with van der Waals surface area (Å²) in [6, 6.07) is 12.9. The van der Waals surface area contributed by atoms with E-state index < -0.39 is 0 Å². The Bertz CT molecular complexity index is 525. The first-order chi connectivity index (χ1) is 9.83. The van der Waals surface area contributed by atoms with Crippen LogP contribution in [0.1, 0.15) is 32.3 Å². The molecule has 1 aliphatic rings. The third-order valence-electron chi connectivity index (χ3n) is 3.53. The Hall–Kier alpha value is -1.83. The Morgan fingerprint density at radius 2 is 1.70 bits per heavy atom. The van der Waals surface area contributed by atoms with Gasteiger partial charge in [-0.2, -0.15) is 0 Å². The third kappa shape index (κ3) is 3.38. The van der Waals surface area contributed by atoms with Gasteiger partial charge in [-0.05, 0) is 37.5 Å². The lowest BCUT2D eigenvalue weighted by molar-refractivity contribution is 0.938. The van der Waals surface area contributed by atoms with E-state index in [0.29, 0.717) is 0 Å². The van der Waals surface area contributed by atoms with Crippen LogP contribution in [0.2, 0.25) is 0 Å². The summed E-state index contributed by atoms with van der Waals surface area (Å²) in [6.45, 7) is 8.42. The monoisotopic (exact) mass is 268 g/mol. The zero-order valence-corrected chi connectivity index (χ0v) is 12.8. The molecule has 2 aromatic rings. The number of hydrogen-bond acceptors (Lipinski definition) is 2. The fourth-order valence-corrected chi connectivity index (χ4v) is 2.51. The van der Waals surface area contributed by atoms with E-state index in [9.17, 15) is 0 Å². The number of pyridine rings is 1. The summed E-state index contributed by atoms with van der Waals surface area (Å²) >= 11 is 0. The van der Waals surface area contributed by atoms with Gasteiger partial charge in [-0.25, -0.2) is 4.98 Å². The minimum absolute atomic E-state index is 1.11. The molecule has 0 radical (unpaired) electrons. The average Bonchev–Trinajstić information content (AvgIpc) is 3.04. The summed E-state index contributed by atoms with van der Waals surface area (Å²) in [5.41, 5.74) is 3.73. The summed E-state index contributed by atoms with van der Waals surface area (Å²) in [5, 5.41) is 0. The standard InChI is InChI=1S/C16H18N2.C2H6/c1-13-5-4-6-14(11-13)15-7-8-16(17-12-15)18-9-2-3-10-18;1-2/h4-8,11-12H,2-3,9-10H2,1H3;1-2H3. The van der Waals surface area contributed by atoms with Gasteiger partial charge in [-0.3, -0.25) is 0 Å². The van der Waals surface area contributed by atoms with Crippen molar-refractivity contribution in [2.45, 2.75) is 33.6 Å². The average molecular weight is 268 g/mol. The van der Waals surface area contributed by atoms with Crippen LogP contribution in [0.5, 0.6) is 0 Å². The van der Waals surface area contributed by atoms with Crippen molar-refractivity contribution < 1.29 is 0 Å². The fourth-order valence-electron chi connectivity index (χ4n) is 2.51. The van der Waals surface area contributed by atoms with Crippen LogP contribution in [0.4, 0.5) is 5.82 Å². The van der Waals surface area contributed by atoms with Crippen molar-refractivity contribution in [3.8, 4) is 11.1 Å². The van der Waals surface area contributed by atoms with Crippen LogP contribution in [-0.4, -0.2) is 18.1 Å². The first-order valence-corrected chi connectivity index (χ1v) is 7.61. The second-order valence-electron chi connectivity index (χ2n) is 4.97. The summed E-state index contributed by atoms with van der Waals surface area (Å²) in [7, 11) is 0. The van der Waals surface area contributed by atoms with E-state index in [1.165, 1.54) is 29.5 Å². The molecule has 0 atom stereocenters. The smallest absolute Gasteiger partial charge is 0.128 e. The van der Waals surface area contributed by atoms with E-state index in [2.05, 4.69) is 53.2 Å². The summed E-state index contributed by atoms with van der Waals surface area (Å²) in [4.78, 5) is 6.95. The Labute approximate surface area is 122 Å². The highest BCUT2D eigenvalue weighted by Crippen LogP contribution is 2.23. The molecule has 1 fully saturated rings. The maximum atomic E-state index is 4.59. The van der Waals surface area contributed by atoms with E-state index in [1.807, 2.05) is 20.0 Å². The van der Waals surface area contributed by atoms with Gasteiger partial charge >= 0.3 is 0 Å².